The number of amides is 1. The summed E-state index contributed by atoms with van der Waals surface area (Å²) in [5.74, 6) is -0.0256. The number of anilines is 1. The molecule has 3 rings (SSSR count). The summed E-state index contributed by atoms with van der Waals surface area (Å²) < 4.78 is 31.8. The fourth-order valence-electron chi connectivity index (χ4n) is 3.11. The van der Waals surface area contributed by atoms with Gasteiger partial charge in [0.05, 0.1) is 28.6 Å². The van der Waals surface area contributed by atoms with E-state index in [1.54, 1.807) is 25.3 Å². The van der Waals surface area contributed by atoms with E-state index >= 15 is 0 Å². The smallest absolute Gasteiger partial charge is 0.243 e. The first kappa shape index (κ1) is 25.0. The monoisotopic (exact) mass is 510 g/mol. The maximum absolute atomic E-state index is 12.8. The van der Waals surface area contributed by atoms with Gasteiger partial charge in [-0.05, 0) is 49.4 Å². The topological polar surface area (TPSA) is 101 Å². The summed E-state index contributed by atoms with van der Waals surface area (Å²) in [4.78, 5) is 16.6. The second-order valence-corrected chi connectivity index (χ2v) is 9.97. The van der Waals surface area contributed by atoms with Crippen LogP contribution in [0, 0.1) is 0 Å². The average molecular weight is 511 g/mol. The van der Waals surface area contributed by atoms with Gasteiger partial charge in [0.15, 0.2) is 0 Å². The largest absolute Gasteiger partial charge is 0.492 e. The molecule has 0 spiro atoms. The number of sulfonamides is 1. The molecule has 2 aromatic carbocycles. The second kappa shape index (κ2) is 11.0. The standard InChI is InChI=1S/C22H24Cl2N4O4S/c1-3-32-21-7-5-16(13-18(21)24)33(30,31)28(2)14-22(29)27-11-10-26-19-8-9-25-20-12-15(23)4-6-17(19)20/h4-9,12-13H,3,10-11,14H2,1-2H3,(H,25,26)(H,27,29). The fraction of sp³-hybridized carbons (Fsp3) is 0.273. The number of ether oxygens (including phenoxy) is 1. The third kappa shape index (κ3) is 6.26. The molecule has 0 aliphatic rings. The van der Waals surface area contributed by atoms with Crippen LogP contribution in [-0.4, -0.2) is 56.9 Å². The number of halogens is 2. The normalized spacial score (nSPS) is 11.5. The van der Waals surface area contributed by atoms with Gasteiger partial charge in [0.2, 0.25) is 15.9 Å². The zero-order valence-corrected chi connectivity index (χ0v) is 20.5. The highest BCUT2D eigenvalue weighted by molar-refractivity contribution is 7.89. The first-order chi connectivity index (χ1) is 15.7. The van der Waals surface area contributed by atoms with E-state index in [1.807, 2.05) is 12.1 Å². The van der Waals surface area contributed by atoms with E-state index in [1.165, 1.54) is 25.2 Å². The van der Waals surface area contributed by atoms with Crippen LogP contribution in [0.15, 0.2) is 53.6 Å². The van der Waals surface area contributed by atoms with Crippen molar-refractivity contribution < 1.29 is 17.9 Å². The molecule has 0 saturated heterocycles. The lowest BCUT2D eigenvalue weighted by Crippen LogP contribution is -2.39. The highest BCUT2D eigenvalue weighted by Gasteiger charge is 2.24. The molecule has 0 aliphatic carbocycles. The van der Waals surface area contributed by atoms with Gasteiger partial charge in [-0.1, -0.05) is 23.2 Å². The van der Waals surface area contributed by atoms with E-state index in [2.05, 4.69) is 15.6 Å². The minimum Gasteiger partial charge on any atom is -0.492 e. The Hall–Kier alpha value is -2.59. The van der Waals surface area contributed by atoms with Crippen molar-refractivity contribution in [2.75, 3.05) is 38.6 Å². The molecule has 0 bridgehead atoms. The van der Waals surface area contributed by atoms with E-state index < -0.39 is 15.9 Å². The Kier molecular flexibility index (Phi) is 8.36. The van der Waals surface area contributed by atoms with Crippen molar-refractivity contribution in [3.05, 3.63) is 58.7 Å². The summed E-state index contributed by atoms with van der Waals surface area (Å²) in [5, 5.41) is 7.65. The number of fused-ring (bicyclic) bond motifs is 1. The summed E-state index contributed by atoms with van der Waals surface area (Å²) in [6, 6.07) is 11.5. The Morgan fingerprint density at radius 1 is 1.12 bits per heavy atom. The molecule has 0 unspecified atom stereocenters. The number of hydrogen-bond donors (Lipinski definition) is 2. The van der Waals surface area contributed by atoms with E-state index in [0.29, 0.717) is 30.5 Å². The molecule has 0 atom stereocenters. The van der Waals surface area contributed by atoms with Crippen molar-refractivity contribution in [2.45, 2.75) is 11.8 Å². The molecule has 0 fully saturated rings. The maximum Gasteiger partial charge on any atom is 0.243 e. The molecule has 11 heteroatoms. The summed E-state index contributed by atoms with van der Waals surface area (Å²) in [7, 11) is -2.55. The third-order valence-corrected chi connectivity index (χ3v) is 7.07. The van der Waals surface area contributed by atoms with E-state index in [4.69, 9.17) is 27.9 Å². The minimum absolute atomic E-state index is 0.0161. The van der Waals surface area contributed by atoms with Gasteiger partial charge < -0.3 is 15.4 Å². The van der Waals surface area contributed by atoms with Crippen LogP contribution in [-0.2, 0) is 14.8 Å². The van der Waals surface area contributed by atoms with Crippen LogP contribution in [0.3, 0.4) is 0 Å². The number of hydrogen-bond acceptors (Lipinski definition) is 6. The van der Waals surface area contributed by atoms with Gasteiger partial charge in [-0.2, -0.15) is 4.31 Å². The summed E-state index contributed by atoms with van der Waals surface area (Å²) in [6.45, 7) is 2.63. The molecule has 2 N–H and O–H groups in total. The number of pyridine rings is 1. The first-order valence-electron chi connectivity index (χ1n) is 10.2. The van der Waals surface area contributed by atoms with Gasteiger partial charge in [0.1, 0.15) is 5.75 Å². The molecule has 0 saturated carbocycles. The Bertz CT molecular complexity index is 1250. The Morgan fingerprint density at radius 2 is 1.91 bits per heavy atom. The van der Waals surface area contributed by atoms with Crippen LogP contribution in [0.5, 0.6) is 5.75 Å². The second-order valence-electron chi connectivity index (χ2n) is 7.08. The number of nitrogens with zero attached hydrogens (tertiary/aromatic N) is 2. The minimum atomic E-state index is -3.89. The van der Waals surface area contributed by atoms with Crippen LogP contribution in [0.4, 0.5) is 5.69 Å². The van der Waals surface area contributed by atoms with Crippen LogP contribution in [0.1, 0.15) is 6.92 Å². The summed E-state index contributed by atoms with van der Waals surface area (Å²) in [5.41, 5.74) is 1.62. The van der Waals surface area contributed by atoms with Crippen LogP contribution < -0.4 is 15.4 Å². The van der Waals surface area contributed by atoms with Gasteiger partial charge in [-0.25, -0.2) is 8.42 Å². The molecular formula is C22H24Cl2N4O4S. The molecule has 1 amide bonds. The number of benzene rings is 2. The molecule has 0 aliphatic heterocycles. The van der Waals surface area contributed by atoms with Crippen molar-refractivity contribution in [3.8, 4) is 5.75 Å². The van der Waals surface area contributed by atoms with Crippen molar-refractivity contribution >= 4 is 55.7 Å². The molecule has 1 heterocycles. The lowest BCUT2D eigenvalue weighted by molar-refractivity contribution is -0.121. The van der Waals surface area contributed by atoms with Gasteiger partial charge in [-0.3, -0.25) is 9.78 Å². The van der Waals surface area contributed by atoms with Crippen molar-refractivity contribution in [1.29, 1.82) is 0 Å². The van der Waals surface area contributed by atoms with Crippen LogP contribution in [0.25, 0.3) is 10.9 Å². The molecule has 176 valence electrons. The van der Waals surface area contributed by atoms with Crippen molar-refractivity contribution in [3.63, 3.8) is 0 Å². The number of carbonyl (C=O) groups excluding carboxylic acids is 1. The number of rotatable bonds is 10. The summed E-state index contributed by atoms with van der Waals surface area (Å²) in [6.07, 6.45) is 1.67. The van der Waals surface area contributed by atoms with Crippen molar-refractivity contribution in [2.24, 2.45) is 0 Å². The molecule has 33 heavy (non-hydrogen) atoms. The number of aromatic nitrogens is 1. The fourth-order valence-corrected chi connectivity index (χ4v) is 4.73. The predicted octanol–water partition coefficient (Wildman–Crippen LogP) is 3.79. The zero-order valence-electron chi connectivity index (χ0n) is 18.1. The Morgan fingerprint density at radius 3 is 2.64 bits per heavy atom. The van der Waals surface area contributed by atoms with E-state index in [-0.39, 0.29) is 16.5 Å². The lowest BCUT2D eigenvalue weighted by atomic mass is 10.2. The Balaban J connectivity index is 1.53. The molecule has 8 nitrogen and oxygen atoms in total. The van der Waals surface area contributed by atoms with E-state index in [0.717, 1.165) is 20.9 Å². The number of carbonyl (C=O) groups is 1. The number of likely N-dealkylation sites (N-methyl/N-ethyl adjacent to an activating group) is 1. The van der Waals surface area contributed by atoms with Gasteiger partial charge >= 0.3 is 0 Å². The molecule has 0 radical (unpaired) electrons. The van der Waals surface area contributed by atoms with Gasteiger partial charge in [-0.15, -0.1) is 0 Å². The van der Waals surface area contributed by atoms with E-state index in [9.17, 15) is 13.2 Å². The first-order valence-corrected chi connectivity index (χ1v) is 12.4. The predicted molar refractivity (Wildman–Crippen MR) is 131 cm³/mol. The molecule has 3 aromatic rings. The van der Waals surface area contributed by atoms with Gasteiger partial charge in [0.25, 0.3) is 0 Å². The van der Waals surface area contributed by atoms with Crippen molar-refractivity contribution in [1.82, 2.24) is 14.6 Å². The highest BCUT2D eigenvalue weighted by Crippen LogP contribution is 2.28. The quantitative estimate of drug-likeness (QED) is 0.402. The van der Waals surface area contributed by atoms with Gasteiger partial charge in [0, 0.05) is 42.4 Å². The maximum atomic E-state index is 12.8. The lowest BCUT2D eigenvalue weighted by Gasteiger charge is -2.18. The average Bonchev–Trinajstić information content (AvgIpc) is 2.77. The van der Waals surface area contributed by atoms with Crippen LogP contribution >= 0.6 is 23.2 Å². The third-order valence-electron chi connectivity index (χ3n) is 4.75. The highest BCUT2D eigenvalue weighted by atomic mass is 35.5. The summed E-state index contributed by atoms with van der Waals surface area (Å²) >= 11 is 12.1. The molecular weight excluding hydrogens is 487 g/mol. The van der Waals surface area contributed by atoms with Crippen LogP contribution in [0.2, 0.25) is 10.0 Å². The molecule has 1 aromatic heterocycles. The SMILES string of the molecule is CCOc1ccc(S(=O)(=O)N(C)CC(=O)NCCNc2ccnc3cc(Cl)ccc23)cc1Cl. The number of nitrogens with one attached hydrogen (secondary N) is 2. The zero-order chi connectivity index (χ0) is 24.0. The Labute approximate surface area is 202 Å².